The van der Waals surface area contributed by atoms with E-state index in [1.54, 1.807) is 6.08 Å². The van der Waals surface area contributed by atoms with E-state index in [1.807, 2.05) is 42.1 Å². The third kappa shape index (κ3) is 23.2. The van der Waals surface area contributed by atoms with Crippen molar-refractivity contribution in [2.75, 3.05) is 25.6 Å². The SMILES string of the molecule is CCCCCCCCCCCCCCCCCCCCCSc1ccc(C(=O)/C=C/c2cc(OCCCC)c(OCCCC)c(OCCCC)c2)cc1. The molecule has 0 aliphatic heterocycles. The lowest BCUT2D eigenvalue weighted by atomic mass is 10.0. The summed E-state index contributed by atoms with van der Waals surface area (Å²) in [4.78, 5) is 14.4. The number of allylic oxidation sites excluding steroid dienone is 1. The van der Waals surface area contributed by atoms with Gasteiger partial charge in [0.15, 0.2) is 17.3 Å². The molecule has 2 rings (SSSR count). The van der Waals surface area contributed by atoms with Crippen LogP contribution in [0.2, 0.25) is 0 Å². The van der Waals surface area contributed by atoms with E-state index in [0.29, 0.717) is 42.6 Å². The van der Waals surface area contributed by atoms with Crippen molar-refractivity contribution in [2.45, 2.75) is 193 Å². The molecule has 0 spiro atoms. The van der Waals surface area contributed by atoms with Gasteiger partial charge in [-0.15, -0.1) is 11.8 Å². The molecule has 0 aliphatic carbocycles. The minimum absolute atomic E-state index is 0.00877. The third-order valence-corrected chi connectivity index (χ3v) is 11.0. The van der Waals surface area contributed by atoms with Crippen LogP contribution in [0, 0.1) is 0 Å². The first-order chi connectivity index (χ1) is 26.1. The van der Waals surface area contributed by atoms with Crippen LogP contribution in [-0.2, 0) is 0 Å². The molecular weight excluding hydrogens is 673 g/mol. The lowest BCUT2D eigenvalue weighted by Crippen LogP contribution is -2.06. The molecule has 2 aromatic carbocycles. The fraction of sp³-hybridized carbons (Fsp3) is 0.688. The molecule has 0 bridgehead atoms. The van der Waals surface area contributed by atoms with Gasteiger partial charge in [0.05, 0.1) is 19.8 Å². The second-order valence-corrected chi connectivity index (χ2v) is 16.1. The van der Waals surface area contributed by atoms with E-state index in [-0.39, 0.29) is 5.78 Å². The first kappa shape index (κ1) is 46.8. The molecule has 0 atom stereocenters. The summed E-state index contributed by atoms with van der Waals surface area (Å²) in [5.74, 6) is 3.16. The lowest BCUT2D eigenvalue weighted by molar-refractivity contribution is 0.104. The molecule has 0 unspecified atom stereocenters. The van der Waals surface area contributed by atoms with E-state index in [9.17, 15) is 4.79 Å². The molecule has 0 fully saturated rings. The second-order valence-electron chi connectivity index (χ2n) is 14.9. The summed E-state index contributed by atoms with van der Waals surface area (Å²) in [6, 6.07) is 12.0. The van der Waals surface area contributed by atoms with Crippen LogP contribution in [0.4, 0.5) is 0 Å². The summed E-state index contributed by atoms with van der Waals surface area (Å²) in [6.45, 7) is 10.6. The zero-order valence-corrected chi connectivity index (χ0v) is 35.5. The first-order valence-electron chi connectivity index (χ1n) is 22.1. The summed E-state index contributed by atoms with van der Waals surface area (Å²) in [6.07, 6.45) is 36.4. The summed E-state index contributed by atoms with van der Waals surface area (Å²) >= 11 is 1.90. The highest BCUT2D eigenvalue weighted by molar-refractivity contribution is 7.99. The largest absolute Gasteiger partial charge is 0.490 e. The molecular formula is C48H78O4S. The van der Waals surface area contributed by atoms with Gasteiger partial charge in [-0.1, -0.05) is 169 Å². The monoisotopic (exact) mass is 751 g/mol. The van der Waals surface area contributed by atoms with Crippen molar-refractivity contribution in [3.05, 3.63) is 53.6 Å². The zero-order valence-electron chi connectivity index (χ0n) is 34.7. The van der Waals surface area contributed by atoms with E-state index in [2.05, 4.69) is 39.8 Å². The summed E-state index contributed by atoms with van der Waals surface area (Å²) in [5, 5.41) is 0. The highest BCUT2D eigenvalue weighted by Gasteiger charge is 2.16. The number of ketones is 1. The molecule has 0 N–H and O–H groups in total. The highest BCUT2D eigenvalue weighted by atomic mass is 32.2. The Labute approximate surface area is 331 Å². The van der Waals surface area contributed by atoms with Crippen LogP contribution in [0.15, 0.2) is 47.4 Å². The summed E-state index contributed by atoms with van der Waals surface area (Å²) in [7, 11) is 0. The van der Waals surface area contributed by atoms with Crippen LogP contribution in [0.1, 0.15) is 204 Å². The summed E-state index contributed by atoms with van der Waals surface area (Å²) < 4.78 is 18.5. The first-order valence-corrected chi connectivity index (χ1v) is 23.1. The number of carbonyl (C=O) groups excluding carboxylic acids is 1. The maximum Gasteiger partial charge on any atom is 0.203 e. The Morgan fingerprint density at radius 3 is 1.34 bits per heavy atom. The van der Waals surface area contributed by atoms with Crippen molar-refractivity contribution in [3.8, 4) is 17.2 Å². The number of benzene rings is 2. The minimum atomic E-state index is -0.00877. The van der Waals surface area contributed by atoms with Crippen molar-refractivity contribution >= 4 is 23.6 Å². The van der Waals surface area contributed by atoms with Crippen LogP contribution in [-0.4, -0.2) is 31.4 Å². The van der Waals surface area contributed by atoms with Gasteiger partial charge in [0.2, 0.25) is 5.75 Å². The molecule has 0 radical (unpaired) electrons. The molecule has 0 saturated heterocycles. The Morgan fingerprint density at radius 1 is 0.509 bits per heavy atom. The molecule has 53 heavy (non-hydrogen) atoms. The highest BCUT2D eigenvalue weighted by Crippen LogP contribution is 2.40. The Bertz CT molecular complexity index is 1160. The van der Waals surface area contributed by atoms with Crippen LogP contribution in [0.3, 0.4) is 0 Å². The van der Waals surface area contributed by atoms with Gasteiger partial charge < -0.3 is 14.2 Å². The normalized spacial score (nSPS) is 11.4. The number of carbonyl (C=O) groups is 1. The molecule has 0 amide bonds. The van der Waals surface area contributed by atoms with Crippen molar-refractivity contribution < 1.29 is 19.0 Å². The number of hydrogen-bond donors (Lipinski definition) is 0. The lowest BCUT2D eigenvalue weighted by Gasteiger charge is -2.18. The average molecular weight is 751 g/mol. The zero-order chi connectivity index (χ0) is 38.0. The van der Waals surface area contributed by atoms with Gasteiger partial charge in [-0.2, -0.15) is 0 Å². The van der Waals surface area contributed by atoms with Crippen molar-refractivity contribution in [1.29, 1.82) is 0 Å². The average Bonchev–Trinajstić information content (AvgIpc) is 3.17. The molecule has 0 heterocycles. The van der Waals surface area contributed by atoms with Crippen LogP contribution < -0.4 is 14.2 Å². The van der Waals surface area contributed by atoms with Gasteiger partial charge in [0.25, 0.3) is 0 Å². The van der Waals surface area contributed by atoms with Crippen molar-refractivity contribution in [2.24, 2.45) is 0 Å². The predicted molar refractivity (Wildman–Crippen MR) is 232 cm³/mol. The molecule has 2 aromatic rings. The molecule has 0 aliphatic rings. The van der Waals surface area contributed by atoms with Crippen LogP contribution in [0.5, 0.6) is 17.2 Å². The Morgan fingerprint density at radius 2 is 0.906 bits per heavy atom. The van der Waals surface area contributed by atoms with E-state index in [1.165, 1.54) is 127 Å². The van der Waals surface area contributed by atoms with Gasteiger partial charge >= 0.3 is 0 Å². The van der Waals surface area contributed by atoms with Crippen molar-refractivity contribution in [3.63, 3.8) is 0 Å². The van der Waals surface area contributed by atoms with Gasteiger partial charge in [0.1, 0.15) is 0 Å². The Hall–Kier alpha value is -2.40. The van der Waals surface area contributed by atoms with Gasteiger partial charge in [-0.05, 0) is 79.5 Å². The van der Waals surface area contributed by atoms with E-state index < -0.39 is 0 Å². The number of rotatable bonds is 36. The van der Waals surface area contributed by atoms with E-state index in [4.69, 9.17) is 14.2 Å². The Balaban J connectivity index is 1.67. The van der Waals surface area contributed by atoms with Crippen LogP contribution in [0.25, 0.3) is 6.08 Å². The molecule has 5 heteroatoms. The molecule has 0 aromatic heterocycles. The maximum atomic E-state index is 13.1. The fourth-order valence-electron chi connectivity index (χ4n) is 6.38. The van der Waals surface area contributed by atoms with Gasteiger partial charge in [0, 0.05) is 10.5 Å². The second kappa shape index (κ2) is 33.0. The molecule has 4 nitrogen and oxygen atoms in total. The quantitative estimate of drug-likeness (QED) is 0.0300. The topological polar surface area (TPSA) is 44.8 Å². The maximum absolute atomic E-state index is 13.1. The smallest absolute Gasteiger partial charge is 0.203 e. The van der Waals surface area contributed by atoms with Crippen molar-refractivity contribution in [1.82, 2.24) is 0 Å². The van der Waals surface area contributed by atoms with E-state index >= 15 is 0 Å². The Kier molecular flexibility index (Phi) is 29.1. The molecule has 0 saturated carbocycles. The third-order valence-electron chi connectivity index (χ3n) is 9.88. The number of thioether (sulfide) groups is 1. The molecule has 300 valence electrons. The number of ether oxygens (including phenoxy) is 3. The minimum Gasteiger partial charge on any atom is -0.490 e. The van der Waals surface area contributed by atoms with E-state index in [0.717, 1.165) is 49.8 Å². The van der Waals surface area contributed by atoms with Gasteiger partial charge in [-0.3, -0.25) is 4.79 Å². The number of unbranched alkanes of at least 4 members (excludes halogenated alkanes) is 21. The van der Waals surface area contributed by atoms with Crippen LogP contribution >= 0.6 is 11.8 Å². The fourth-order valence-corrected chi connectivity index (χ4v) is 7.29. The standard InChI is InChI=1S/C48H78O4S/c1-5-9-13-14-15-16-17-18-19-20-21-22-23-24-25-26-27-28-29-39-53-44-33-31-43(32-34-44)45(49)35-30-42-40-46(50-36-10-6-2)48(52-38-12-8-4)47(41-42)51-37-11-7-3/h30-35,40-41H,5-29,36-39H2,1-4H3/b35-30+. The van der Waals surface area contributed by atoms with Gasteiger partial charge in [-0.25, -0.2) is 0 Å². The summed E-state index contributed by atoms with van der Waals surface area (Å²) in [5.41, 5.74) is 1.57. The number of hydrogen-bond acceptors (Lipinski definition) is 5. The predicted octanol–water partition coefficient (Wildman–Crippen LogP) is 15.6.